The second-order valence-corrected chi connectivity index (χ2v) is 1.46. The van der Waals surface area contributed by atoms with Gasteiger partial charge in [0, 0.05) is 28.7 Å². The third kappa shape index (κ3) is 2.30. The van der Waals surface area contributed by atoms with Crippen LogP contribution in [0.25, 0.3) is 0 Å². The van der Waals surface area contributed by atoms with Crippen molar-refractivity contribution >= 4 is 18.5 Å². The first-order valence-electron chi connectivity index (χ1n) is 2.43. The second kappa shape index (κ2) is 4.84. The van der Waals surface area contributed by atoms with Crippen molar-refractivity contribution in [1.82, 2.24) is 9.97 Å². The largest absolute Gasteiger partial charge is 0.475 e. The van der Waals surface area contributed by atoms with Crippen molar-refractivity contribution in [3.05, 3.63) is 12.0 Å². The predicted octanol–water partition coefficient (Wildman–Crippen LogP) is -0.656. The van der Waals surface area contributed by atoms with Gasteiger partial charge in [0.25, 0.3) is 0 Å². The van der Waals surface area contributed by atoms with E-state index in [1.807, 2.05) is 0 Å². The molecule has 2 N–H and O–H groups in total. The maximum Gasteiger partial charge on any atom is 0.0720 e. The molecule has 0 aliphatic carbocycles. The molecule has 0 aliphatic heterocycles. The zero-order valence-electron chi connectivity index (χ0n) is 5.14. The first-order chi connectivity index (χ1) is 4.88. The quantitative estimate of drug-likeness (QED) is 0.438. The van der Waals surface area contributed by atoms with E-state index in [-0.39, 0.29) is 33.9 Å². The van der Waals surface area contributed by atoms with Crippen molar-refractivity contribution in [1.29, 1.82) is 0 Å². The van der Waals surface area contributed by atoms with E-state index < -0.39 is 0 Å². The van der Waals surface area contributed by atoms with Crippen molar-refractivity contribution in [3.8, 4) is 0 Å². The fraction of sp³-hybridized carbons (Fsp3) is 0. The monoisotopic (exact) mass is 334 g/mol. The summed E-state index contributed by atoms with van der Waals surface area (Å²) in [5.41, 5.74) is 0.114. The van der Waals surface area contributed by atoms with Crippen LogP contribution in [0.4, 0.5) is 5.82 Å². The first-order valence-corrected chi connectivity index (χ1v) is 2.43. The molecular formula is C5H3AuN3O2-2. The van der Waals surface area contributed by atoms with Crippen molar-refractivity contribution in [2.45, 2.75) is 0 Å². The predicted molar refractivity (Wildman–Crippen MR) is 32.7 cm³/mol. The zero-order valence-corrected chi connectivity index (χ0v) is 7.31. The molecule has 0 atom stereocenters. The molecular weight excluding hydrogens is 331 g/mol. The topological polar surface area (TPSA) is 74.8 Å². The summed E-state index contributed by atoms with van der Waals surface area (Å²) in [6.07, 6.45) is 4.21. The van der Waals surface area contributed by atoms with Gasteiger partial charge in [-0.2, -0.15) is 0 Å². The van der Waals surface area contributed by atoms with Gasteiger partial charge in [0.05, 0.1) is 12.7 Å². The van der Waals surface area contributed by atoms with Gasteiger partial charge in [-0.15, -0.1) is 0 Å². The van der Waals surface area contributed by atoms with E-state index in [2.05, 4.69) is 15.3 Å². The SMILES string of the molecule is O=[C-]Nc1nc[nH]c1[C-]=O.[Au]. The number of amides is 1. The molecule has 0 bridgehead atoms. The molecule has 0 spiro atoms. The Bertz CT molecular complexity index is 248. The molecule has 1 aromatic heterocycles. The van der Waals surface area contributed by atoms with E-state index in [4.69, 9.17) is 0 Å². The molecule has 5 nitrogen and oxygen atoms in total. The standard InChI is InChI=1S/C5H3N3O2.Au/c9-1-4-5(8-3-10)7-2-6-4;/h2H,(H,6,7)(H,8,10);/q-2;. The maximum absolute atomic E-state index is 10.00. The smallest absolute Gasteiger partial charge is 0.0720 e. The van der Waals surface area contributed by atoms with E-state index in [0.29, 0.717) is 0 Å². The fourth-order valence-corrected chi connectivity index (χ4v) is 0.515. The molecule has 1 rings (SSSR count). The van der Waals surface area contributed by atoms with E-state index in [9.17, 15) is 9.59 Å². The summed E-state index contributed by atoms with van der Waals surface area (Å²) in [5.74, 6) is 0.144. The van der Waals surface area contributed by atoms with Crippen LogP contribution in [0.5, 0.6) is 0 Å². The van der Waals surface area contributed by atoms with Crippen LogP contribution >= 0.6 is 0 Å². The zero-order chi connectivity index (χ0) is 7.40. The Hall–Kier alpha value is -0.910. The number of H-pyrrole nitrogens is 1. The van der Waals surface area contributed by atoms with Gasteiger partial charge in [-0.3, -0.25) is 0 Å². The summed E-state index contributed by atoms with van der Waals surface area (Å²) in [6, 6.07) is 0. The van der Waals surface area contributed by atoms with Gasteiger partial charge < -0.3 is 24.9 Å². The summed E-state index contributed by atoms with van der Waals surface area (Å²) in [6.45, 7) is 0. The Morgan fingerprint density at radius 3 is 2.82 bits per heavy atom. The van der Waals surface area contributed by atoms with Crippen molar-refractivity contribution in [3.63, 3.8) is 0 Å². The molecule has 0 fully saturated rings. The Morgan fingerprint density at radius 1 is 1.55 bits per heavy atom. The van der Waals surface area contributed by atoms with Gasteiger partial charge in [0.2, 0.25) is 0 Å². The Balaban J connectivity index is 0.000001000. The normalized spacial score (nSPS) is 8.00. The van der Waals surface area contributed by atoms with E-state index in [1.54, 1.807) is 6.29 Å². The number of carbonyl (C=O) groups excluding carboxylic acids is 2. The van der Waals surface area contributed by atoms with Gasteiger partial charge in [-0.05, 0) is 5.82 Å². The van der Waals surface area contributed by atoms with Crippen molar-refractivity contribution < 1.29 is 32.0 Å². The number of nitrogens with one attached hydrogen (secondary N) is 2. The number of imidazole rings is 1. The molecule has 0 saturated carbocycles. The number of hydrogen-bond acceptors (Lipinski definition) is 3. The molecule has 0 unspecified atom stereocenters. The number of aromatic amines is 1. The molecule has 6 heteroatoms. The third-order valence-electron chi connectivity index (χ3n) is 0.911. The third-order valence-corrected chi connectivity index (χ3v) is 0.911. The van der Waals surface area contributed by atoms with Crippen LogP contribution < -0.4 is 5.32 Å². The number of rotatable bonds is 3. The molecule has 1 aromatic rings. The number of nitrogens with zero attached hydrogens (tertiary/aromatic N) is 1. The van der Waals surface area contributed by atoms with Gasteiger partial charge in [0.1, 0.15) is 0 Å². The Kier molecular flexibility index (Phi) is 4.44. The van der Waals surface area contributed by atoms with E-state index >= 15 is 0 Å². The molecule has 0 saturated heterocycles. The van der Waals surface area contributed by atoms with Gasteiger partial charge in [-0.1, -0.05) is 5.69 Å². The van der Waals surface area contributed by atoms with E-state index in [1.165, 1.54) is 12.7 Å². The van der Waals surface area contributed by atoms with Crippen LogP contribution in [-0.2, 0) is 32.0 Å². The molecule has 0 aliphatic rings. The molecule has 63 valence electrons. The number of hydrogen-bond donors (Lipinski definition) is 2. The van der Waals surface area contributed by atoms with Crippen LogP contribution in [0.3, 0.4) is 0 Å². The number of anilines is 1. The number of aromatic nitrogens is 2. The average molecular weight is 334 g/mol. The maximum atomic E-state index is 10.00. The minimum absolute atomic E-state index is 0. The Morgan fingerprint density at radius 2 is 2.27 bits per heavy atom. The summed E-state index contributed by atoms with van der Waals surface area (Å²) < 4.78 is 0. The minimum atomic E-state index is 0. The van der Waals surface area contributed by atoms with Gasteiger partial charge in [-0.25, -0.2) is 0 Å². The van der Waals surface area contributed by atoms with Crippen LogP contribution in [0, 0.1) is 0 Å². The fourth-order valence-electron chi connectivity index (χ4n) is 0.515. The Labute approximate surface area is 78.1 Å². The summed E-state index contributed by atoms with van der Waals surface area (Å²) in [4.78, 5) is 25.8. The molecule has 1 amide bonds. The van der Waals surface area contributed by atoms with E-state index in [0.717, 1.165) is 0 Å². The molecule has 11 heavy (non-hydrogen) atoms. The van der Waals surface area contributed by atoms with Crippen molar-refractivity contribution in [2.24, 2.45) is 0 Å². The van der Waals surface area contributed by atoms with Gasteiger partial charge in [0.15, 0.2) is 0 Å². The van der Waals surface area contributed by atoms with Crippen LogP contribution in [0.2, 0.25) is 0 Å². The molecule has 1 heterocycles. The minimum Gasteiger partial charge on any atom is -0.475 e. The first kappa shape index (κ1) is 10.1. The van der Waals surface area contributed by atoms with Gasteiger partial charge >= 0.3 is 0 Å². The van der Waals surface area contributed by atoms with Crippen LogP contribution in [0.1, 0.15) is 5.69 Å². The average Bonchev–Trinajstić information content (AvgIpc) is 2.36. The van der Waals surface area contributed by atoms with Crippen molar-refractivity contribution in [2.75, 3.05) is 5.32 Å². The van der Waals surface area contributed by atoms with Crippen LogP contribution in [0.15, 0.2) is 6.33 Å². The molecule has 1 radical (unpaired) electrons. The second-order valence-electron chi connectivity index (χ2n) is 1.46. The molecule has 0 aromatic carbocycles. The summed E-state index contributed by atoms with van der Waals surface area (Å²) in [5, 5.41) is 2.10. The van der Waals surface area contributed by atoms with Crippen LogP contribution in [-0.4, -0.2) is 22.7 Å². The summed E-state index contributed by atoms with van der Waals surface area (Å²) in [7, 11) is 0. The summed E-state index contributed by atoms with van der Waals surface area (Å²) >= 11 is 0.